The summed E-state index contributed by atoms with van der Waals surface area (Å²) in [7, 11) is -0.127. The van der Waals surface area contributed by atoms with E-state index in [9.17, 15) is 0 Å². The zero-order valence-electron chi connectivity index (χ0n) is 7.07. The highest BCUT2D eigenvalue weighted by atomic mass is 15.2. The Morgan fingerprint density at radius 2 is 2.42 bits per heavy atom. The van der Waals surface area contributed by atoms with E-state index in [0.29, 0.717) is 0 Å². The van der Waals surface area contributed by atoms with Gasteiger partial charge < -0.3 is 9.29 Å². The molecule has 0 aliphatic carbocycles. The largest absolute Gasteiger partial charge is 0.529 e. The van der Waals surface area contributed by atoms with Gasteiger partial charge >= 0.3 is 0 Å². The second kappa shape index (κ2) is 2.06. The summed E-state index contributed by atoms with van der Waals surface area (Å²) in [6.07, 6.45) is 8.90. The maximum Gasteiger partial charge on any atom is 0.155 e. The van der Waals surface area contributed by atoms with Crippen molar-refractivity contribution < 1.29 is 0 Å². The minimum absolute atomic E-state index is 0.127. The van der Waals surface area contributed by atoms with E-state index in [1.165, 1.54) is 11.4 Å². The molecular formula is C9H10BN2-. The van der Waals surface area contributed by atoms with E-state index in [0.717, 1.165) is 6.54 Å². The van der Waals surface area contributed by atoms with E-state index in [1.54, 1.807) is 0 Å². The Kier molecular flexibility index (Phi) is 1.06. The molecule has 1 aromatic heterocycles. The molecule has 2 aliphatic heterocycles. The molecule has 0 unspecified atom stereocenters. The van der Waals surface area contributed by atoms with Crippen LogP contribution in [0.1, 0.15) is 5.69 Å². The normalized spacial score (nSPS) is 19.0. The van der Waals surface area contributed by atoms with Gasteiger partial charge in [0.15, 0.2) is 7.55 Å². The second-order valence-electron chi connectivity index (χ2n) is 3.60. The lowest BCUT2D eigenvalue weighted by Crippen LogP contribution is -2.32. The maximum atomic E-state index is 2.48. The summed E-state index contributed by atoms with van der Waals surface area (Å²) >= 11 is 0. The van der Waals surface area contributed by atoms with Crippen LogP contribution in [0.5, 0.6) is 0 Å². The van der Waals surface area contributed by atoms with Crippen LogP contribution >= 0.6 is 0 Å². The molecule has 0 amide bonds. The molecule has 0 aromatic carbocycles. The van der Waals surface area contributed by atoms with Gasteiger partial charge in [-0.05, 0) is 42.7 Å². The van der Waals surface area contributed by atoms with Crippen LogP contribution in [-0.4, -0.2) is 23.4 Å². The van der Waals surface area contributed by atoms with Gasteiger partial charge in [-0.3, -0.25) is 0 Å². The Labute approximate surface area is 72.1 Å². The second-order valence-corrected chi connectivity index (χ2v) is 3.60. The molecule has 0 atom stereocenters. The number of hydrogen-bond donors (Lipinski definition) is 0. The Morgan fingerprint density at radius 1 is 1.42 bits per heavy atom. The summed E-state index contributed by atoms with van der Waals surface area (Å²) in [5.74, 6) is 0. The van der Waals surface area contributed by atoms with E-state index >= 15 is 0 Å². The fourth-order valence-electron chi connectivity index (χ4n) is 2.14. The standard InChI is InChI=1S/C9H10BN2/c1-3-8-7-9-4-2-6-12(9)10-11(8)5-1/h1-5,7H,6,10H2/q-1. The van der Waals surface area contributed by atoms with E-state index < -0.39 is 0 Å². The van der Waals surface area contributed by atoms with Crippen molar-refractivity contribution in [3.05, 3.63) is 41.9 Å². The number of nitrogens with zero attached hydrogens (tertiary/aromatic N) is 2. The van der Waals surface area contributed by atoms with Crippen LogP contribution in [0.15, 0.2) is 36.2 Å². The Hall–Kier alpha value is -1.38. The van der Waals surface area contributed by atoms with Crippen LogP contribution in [-0.2, 0) is 0 Å². The molecule has 2 nitrogen and oxygen atoms in total. The van der Waals surface area contributed by atoms with Gasteiger partial charge in [0.05, 0.1) is 0 Å². The number of aromatic nitrogens is 1. The molecule has 0 fully saturated rings. The smallest absolute Gasteiger partial charge is 0.155 e. The minimum Gasteiger partial charge on any atom is -0.529 e. The van der Waals surface area contributed by atoms with Crippen molar-refractivity contribution in [2.75, 3.05) is 6.54 Å². The number of hydrogen-bond acceptors (Lipinski definition) is 1. The molecule has 0 saturated heterocycles. The Bertz CT molecular complexity index is 376. The van der Waals surface area contributed by atoms with Gasteiger partial charge in [-0.15, -0.1) is 0 Å². The summed E-state index contributed by atoms with van der Waals surface area (Å²) in [4.78, 5) is 2.48. The van der Waals surface area contributed by atoms with Crippen molar-refractivity contribution in [1.29, 1.82) is 0 Å². The van der Waals surface area contributed by atoms with E-state index in [4.69, 9.17) is 0 Å². The van der Waals surface area contributed by atoms with Crippen molar-refractivity contribution >= 4 is 13.6 Å². The zero-order valence-corrected chi connectivity index (χ0v) is 7.07. The molecule has 3 heteroatoms. The Balaban J connectivity index is 2.14. The van der Waals surface area contributed by atoms with Crippen molar-refractivity contribution in [2.24, 2.45) is 0 Å². The van der Waals surface area contributed by atoms with Crippen LogP contribution in [0.3, 0.4) is 0 Å². The molecule has 0 saturated carbocycles. The highest BCUT2D eigenvalue weighted by Crippen LogP contribution is 2.21. The monoisotopic (exact) mass is 157 g/mol. The predicted molar refractivity (Wildman–Crippen MR) is 52.2 cm³/mol. The molecule has 60 valence electrons. The van der Waals surface area contributed by atoms with Crippen molar-refractivity contribution in [3.8, 4) is 0 Å². The summed E-state index contributed by atoms with van der Waals surface area (Å²) in [5, 5.41) is 0. The van der Waals surface area contributed by atoms with Gasteiger partial charge in [-0.1, -0.05) is 6.08 Å². The molecule has 12 heavy (non-hydrogen) atoms. The van der Waals surface area contributed by atoms with Gasteiger partial charge in [0, 0.05) is 5.69 Å². The summed E-state index contributed by atoms with van der Waals surface area (Å²) in [6.45, 7) is 1.11. The van der Waals surface area contributed by atoms with Gasteiger partial charge in [0.1, 0.15) is 0 Å². The van der Waals surface area contributed by atoms with Crippen LogP contribution < -0.4 is 0 Å². The van der Waals surface area contributed by atoms with Crippen molar-refractivity contribution in [3.63, 3.8) is 0 Å². The number of allylic oxidation sites excluding steroid dienone is 1. The molecule has 0 bridgehead atoms. The predicted octanol–water partition coefficient (Wildman–Crippen LogP) is 0.561. The third-order valence-electron chi connectivity index (χ3n) is 2.85. The van der Waals surface area contributed by atoms with Crippen LogP contribution in [0.2, 0.25) is 0 Å². The quantitative estimate of drug-likeness (QED) is 0.499. The van der Waals surface area contributed by atoms with Crippen molar-refractivity contribution in [1.82, 2.24) is 9.29 Å². The van der Waals surface area contributed by atoms with E-state index in [-0.39, 0.29) is 7.55 Å². The van der Waals surface area contributed by atoms with Crippen LogP contribution in [0, 0.1) is 0 Å². The molecule has 0 radical (unpaired) electrons. The number of rotatable bonds is 0. The maximum absolute atomic E-state index is 2.48. The van der Waals surface area contributed by atoms with Crippen LogP contribution in [0.4, 0.5) is 0 Å². The van der Waals surface area contributed by atoms with E-state index in [1.807, 2.05) is 0 Å². The van der Waals surface area contributed by atoms with Crippen molar-refractivity contribution in [2.45, 2.75) is 0 Å². The lowest BCUT2D eigenvalue weighted by atomic mass is 10.0. The minimum atomic E-state index is -0.127. The van der Waals surface area contributed by atoms with Gasteiger partial charge in [0.25, 0.3) is 0 Å². The van der Waals surface area contributed by atoms with Gasteiger partial charge in [-0.2, -0.15) is 0 Å². The molecular weight excluding hydrogens is 147 g/mol. The van der Waals surface area contributed by atoms with Gasteiger partial charge in [0.2, 0.25) is 0 Å². The zero-order chi connectivity index (χ0) is 7.97. The fraction of sp³-hybridized carbons (Fsp3) is 0.111. The fourth-order valence-corrected chi connectivity index (χ4v) is 2.14. The van der Waals surface area contributed by atoms with Gasteiger partial charge in [-0.25, -0.2) is 0 Å². The topological polar surface area (TPSA) is 8.17 Å². The molecule has 0 spiro atoms. The SMILES string of the molecule is [BH2-]1N2CC=CC2=Cc2cccn21. The average molecular weight is 157 g/mol. The molecule has 2 aliphatic rings. The third-order valence-corrected chi connectivity index (χ3v) is 2.85. The highest BCUT2D eigenvalue weighted by molar-refractivity contribution is 6.32. The lowest BCUT2D eigenvalue weighted by Gasteiger charge is -2.34. The first-order valence-electron chi connectivity index (χ1n) is 4.48. The summed E-state index contributed by atoms with van der Waals surface area (Å²) in [6, 6.07) is 4.31. The summed E-state index contributed by atoms with van der Waals surface area (Å²) < 4.78 is 2.39. The first kappa shape index (κ1) is 6.18. The Morgan fingerprint density at radius 3 is 3.42 bits per heavy atom. The first-order chi connectivity index (χ1) is 5.93. The highest BCUT2D eigenvalue weighted by Gasteiger charge is 2.11. The molecule has 0 N–H and O–H groups in total. The van der Waals surface area contributed by atoms with Crippen LogP contribution in [0.25, 0.3) is 6.08 Å². The molecule has 1 aromatic rings. The summed E-state index contributed by atoms with van der Waals surface area (Å²) in [5.41, 5.74) is 2.77. The number of fused-ring (bicyclic) bond motifs is 2. The van der Waals surface area contributed by atoms with E-state index in [2.05, 4.69) is 45.8 Å². The molecule has 3 heterocycles. The third kappa shape index (κ3) is 0.707. The average Bonchev–Trinajstić information content (AvgIpc) is 2.64. The molecule has 3 rings (SSSR count). The first-order valence-corrected chi connectivity index (χ1v) is 4.48. The lowest BCUT2D eigenvalue weighted by molar-refractivity contribution is 0.633.